The van der Waals surface area contributed by atoms with Gasteiger partial charge < -0.3 is 9.64 Å². The fourth-order valence-corrected chi connectivity index (χ4v) is 4.41. The number of hydrogen-bond donors (Lipinski definition) is 0. The third kappa shape index (κ3) is 3.60. The topological polar surface area (TPSA) is 77.3 Å². The van der Waals surface area contributed by atoms with Crippen LogP contribution in [0.3, 0.4) is 0 Å². The Kier molecular flexibility index (Phi) is 5.20. The van der Waals surface area contributed by atoms with E-state index in [1.165, 1.54) is 4.68 Å². The molecule has 2 aliphatic rings. The van der Waals surface area contributed by atoms with Crippen molar-refractivity contribution in [2.24, 2.45) is 5.92 Å². The lowest BCUT2D eigenvalue weighted by atomic mass is 9.85. The van der Waals surface area contributed by atoms with Crippen molar-refractivity contribution in [1.82, 2.24) is 19.9 Å². The first-order chi connectivity index (χ1) is 13.2. The molecule has 27 heavy (non-hydrogen) atoms. The molecule has 7 nitrogen and oxygen atoms in total. The molecule has 0 spiro atoms. The van der Waals surface area contributed by atoms with Crippen molar-refractivity contribution < 1.29 is 9.53 Å². The zero-order valence-electron chi connectivity index (χ0n) is 15.7. The first-order valence-electron chi connectivity index (χ1n) is 9.83. The Hall–Kier alpha value is -2.28. The van der Waals surface area contributed by atoms with Crippen molar-refractivity contribution >= 4 is 16.8 Å². The molecule has 0 radical (unpaired) electrons. The molecule has 1 aliphatic carbocycles. The van der Waals surface area contributed by atoms with Crippen LogP contribution >= 0.6 is 0 Å². The molecule has 0 bridgehead atoms. The van der Waals surface area contributed by atoms with Gasteiger partial charge in [0, 0.05) is 26.1 Å². The molecule has 7 heteroatoms. The van der Waals surface area contributed by atoms with E-state index in [9.17, 15) is 9.59 Å². The average Bonchev–Trinajstić information content (AvgIpc) is 2.74. The van der Waals surface area contributed by atoms with Gasteiger partial charge in [-0.2, -0.15) is 0 Å². The van der Waals surface area contributed by atoms with Crippen LogP contribution in [0.15, 0.2) is 29.1 Å². The van der Waals surface area contributed by atoms with Gasteiger partial charge in [-0.05, 0) is 44.2 Å². The van der Waals surface area contributed by atoms with Crippen LogP contribution in [0, 0.1) is 5.92 Å². The van der Waals surface area contributed by atoms with E-state index in [2.05, 4.69) is 10.3 Å². The van der Waals surface area contributed by atoms with Crippen LogP contribution in [0.2, 0.25) is 0 Å². The molecule has 1 aliphatic heterocycles. The van der Waals surface area contributed by atoms with Crippen molar-refractivity contribution in [1.29, 1.82) is 0 Å². The number of hydrogen-bond acceptors (Lipinski definition) is 5. The maximum absolute atomic E-state index is 12.9. The molecule has 4 rings (SSSR count). The molecule has 0 N–H and O–H groups in total. The maximum atomic E-state index is 12.9. The van der Waals surface area contributed by atoms with Gasteiger partial charge in [0.15, 0.2) is 0 Å². The summed E-state index contributed by atoms with van der Waals surface area (Å²) in [4.78, 5) is 27.6. The van der Waals surface area contributed by atoms with Crippen molar-refractivity contribution in [2.75, 3.05) is 20.2 Å². The molecular weight excluding hydrogens is 344 g/mol. The van der Waals surface area contributed by atoms with Crippen molar-refractivity contribution in [3.05, 3.63) is 34.6 Å². The minimum atomic E-state index is -0.0967. The summed E-state index contributed by atoms with van der Waals surface area (Å²) < 4.78 is 6.96. The molecule has 144 valence electrons. The minimum absolute atomic E-state index is 0.00302. The minimum Gasteiger partial charge on any atom is -0.381 e. The summed E-state index contributed by atoms with van der Waals surface area (Å²) in [5, 5.41) is 8.92. The number of benzene rings is 1. The highest BCUT2D eigenvalue weighted by Crippen LogP contribution is 2.29. The Morgan fingerprint density at radius 2 is 1.93 bits per heavy atom. The van der Waals surface area contributed by atoms with Crippen LogP contribution in [0.25, 0.3) is 10.9 Å². The summed E-state index contributed by atoms with van der Waals surface area (Å²) in [5.74, 6) is 0.315. The Morgan fingerprint density at radius 1 is 1.15 bits per heavy atom. The molecule has 1 saturated heterocycles. The van der Waals surface area contributed by atoms with Gasteiger partial charge >= 0.3 is 0 Å². The highest BCUT2D eigenvalue weighted by molar-refractivity contribution is 5.79. The van der Waals surface area contributed by atoms with Gasteiger partial charge in [-0.25, -0.2) is 4.68 Å². The molecular formula is C20H26N4O3. The molecule has 1 amide bonds. The van der Waals surface area contributed by atoms with E-state index in [1.807, 2.05) is 17.0 Å². The molecule has 1 aromatic heterocycles. The van der Waals surface area contributed by atoms with Gasteiger partial charge in [-0.15, -0.1) is 5.10 Å². The predicted octanol–water partition coefficient (Wildman–Crippen LogP) is 2.16. The van der Waals surface area contributed by atoms with E-state index in [-0.39, 0.29) is 29.5 Å². The summed E-state index contributed by atoms with van der Waals surface area (Å²) >= 11 is 0. The van der Waals surface area contributed by atoms with Crippen molar-refractivity contribution in [3.63, 3.8) is 0 Å². The van der Waals surface area contributed by atoms with E-state index in [0.29, 0.717) is 24.0 Å². The summed E-state index contributed by atoms with van der Waals surface area (Å²) in [6.45, 7) is 1.33. The monoisotopic (exact) mass is 370 g/mol. The maximum Gasteiger partial charge on any atom is 0.277 e. The third-order valence-electron chi connectivity index (χ3n) is 6.02. The number of fused-ring (bicyclic) bond motifs is 1. The SMILES string of the molecule is CO[C@@H]1CCC[C@@H](C(=O)N2CCC(n3nnc4ccccc4c3=O)CC2)C1. The summed E-state index contributed by atoms with van der Waals surface area (Å²) in [6.07, 6.45) is 5.55. The smallest absolute Gasteiger partial charge is 0.277 e. The van der Waals surface area contributed by atoms with Gasteiger partial charge in [-0.1, -0.05) is 23.8 Å². The summed E-state index contributed by atoms with van der Waals surface area (Å²) in [7, 11) is 1.73. The van der Waals surface area contributed by atoms with Gasteiger partial charge in [0.2, 0.25) is 5.91 Å². The predicted molar refractivity (Wildman–Crippen MR) is 101 cm³/mol. The van der Waals surface area contributed by atoms with Gasteiger partial charge in [0.05, 0.1) is 17.5 Å². The number of carbonyl (C=O) groups is 1. The molecule has 0 unspecified atom stereocenters. The number of rotatable bonds is 3. The fourth-order valence-electron chi connectivity index (χ4n) is 4.41. The van der Waals surface area contributed by atoms with Crippen LogP contribution in [-0.4, -0.2) is 52.1 Å². The first kappa shape index (κ1) is 18.1. The molecule has 1 aromatic carbocycles. The van der Waals surface area contributed by atoms with E-state index >= 15 is 0 Å². The quantitative estimate of drug-likeness (QED) is 0.827. The number of amides is 1. The van der Waals surface area contributed by atoms with E-state index in [1.54, 1.807) is 19.2 Å². The van der Waals surface area contributed by atoms with Gasteiger partial charge in [0.1, 0.15) is 5.52 Å². The Labute approximate surface area is 158 Å². The number of methoxy groups -OCH3 is 1. The second-order valence-electron chi connectivity index (χ2n) is 7.63. The number of piperidine rings is 1. The second-order valence-corrected chi connectivity index (χ2v) is 7.63. The number of aromatic nitrogens is 3. The molecule has 1 saturated carbocycles. The summed E-state index contributed by atoms with van der Waals surface area (Å²) in [6, 6.07) is 7.28. The van der Waals surface area contributed by atoms with Gasteiger partial charge in [-0.3, -0.25) is 9.59 Å². The highest BCUT2D eigenvalue weighted by atomic mass is 16.5. The molecule has 2 heterocycles. The number of nitrogens with zero attached hydrogens (tertiary/aromatic N) is 4. The normalized spacial score (nSPS) is 24.3. The standard InChI is InChI=1S/C20H26N4O3/c1-27-16-6-4-5-14(13-16)19(25)23-11-9-15(10-12-23)24-20(26)17-7-2-3-8-18(17)21-22-24/h2-3,7-8,14-16H,4-6,9-13H2,1H3/t14-,16-/m1/s1. The lowest BCUT2D eigenvalue weighted by molar-refractivity contribution is -0.139. The van der Waals surface area contributed by atoms with Crippen LogP contribution in [0.4, 0.5) is 0 Å². The largest absolute Gasteiger partial charge is 0.381 e. The van der Waals surface area contributed by atoms with Crippen LogP contribution in [0.5, 0.6) is 0 Å². The molecule has 2 atom stereocenters. The Morgan fingerprint density at radius 3 is 2.70 bits per heavy atom. The fraction of sp³-hybridized carbons (Fsp3) is 0.600. The zero-order chi connectivity index (χ0) is 18.8. The Bertz CT molecular complexity index is 873. The zero-order valence-corrected chi connectivity index (χ0v) is 15.7. The van der Waals surface area contributed by atoms with Crippen molar-refractivity contribution in [3.8, 4) is 0 Å². The molecule has 2 aromatic rings. The summed E-state index contributed by atoms with van der Waals surface area (Å²) in [5.41, 5.74) is 0.525. The average molecular weight is 370 g/mol. The number of carbonyl (C=O) groups excluding carboxylic acids is 1. The van der Waals surface area contributed by atoms with Crippen LogP contribution < -0.4 is 5.56 Å². The first-order valence-corrected chi connectivity index (χ1v) is 9.83. The van der Waals surface area contributed by atoms with Gasteiger partial charge in [0.25, 0.3) is 5.56 Å². The highest BCUT2D eigenvalue weighted by Gasteiger charge is 2.33. The third-order valence-corrected chi connectivity index (χ3v) is 6.02. The Balaban J connectivity index is 1.42. The van der Waals surface area contributed by atoms with Crippen LogP contribution in [-0.2, 0) is 9.53 Å². The van der Waals surface area contributed by atoms with E-state index in [0.717, 1.165) is 38.5 Å². The molecule has 2 fully saturated rings. The second kappa shape index (κ2) is 7.76. The van der Waals surface area contributed by atoms with E-state index < -0.39 is 0 Å². The van der Waals surface area contributed by atoms with E-state index in [4.69, 9.17) is 4.74 Å². The van der Waals surface area contributed by atoms with Crippen LogP contribution in [0.1, 0.15) is 44.6 Å². The number of ether oxygens (including phenoxy) is 1. The lowest BCUT2D eigenvalue weighted by Gasteiger charge is -2.36. The number of likely N-dealkylation sites (tertiary alicyclic amines) is 1. The lowest BCUT2D eigenvalue weighted by Crippen LogP contribution is -2.45. The van der Waals surface area contributed by atoms with Crippen molar-refractivity contribution in [2.45, 2.75) is 50.7 Å².